The minimum Gasteiger partial charge on any atom is -0.0619 e. The second kappa shape index (κ2) is 11.2. The van der Waals surface area contributed by atoms with Gasteiger partial charge in [0.15, 0.2) is 0 Å². The van der Waals surface area contributed by atoms with Crippen molar-refractivity contribution in [1.29, 1.82) is 0 Å². The van der Waals surface area contributed by atoms with Gasteiger partial charge >= 0.3 is 0 Å². The molecule has 248 valence electrons. The van der Waals surface area contributed by atoms with Crippen LogP contribution in [0.15, 0.2) is 182 Å². The first-order valence-electron chi connectivity index (χ1n) is 18.7. The maximum Gasteiger partial charge on any atom is 0.0165 e. The van der Waals surface area contributed by atoms with Gasteiger partial charge in [-0.2, -0.15) is 0 Å². The van der Waals surface area contributed by atoms with E-state index in [-0.39, 0.29) is 5.41 Å². The molecule has 0 saturated carbocycles. The van der Waals surface area contributed by atoms with E-state index in [9.17, 15) is 0 Å². The van der Waals surface area contributed by atoms with E-state index in [2.05, 4.69) is 196 Å². The smallest absolute Gasteiger partial charge is 0.0165 e. The maximum atomic E-state index is 2.43. The largest absolute Gasteiger partial charge is 0.0619 e. The van der Waals surface area contributed by atoms with Crippen LogP contribution >= 0.6 is 0 Å². The minimum atomic E-state index is -0.0766. The average Bonchev–Trinajstić information content (AvgIpc) is 3.46. The fourth-order valence-electron chi connectivity index (χ4n) is 9.60. The van der Waals surface area contributed by atoms with Gasteiger partial charge in [0.2, 0.25) is 0 Å². The molecule has 0 aliphatic heterocycles. The van der Waals surface area contributed by atoms with Gasteiger partial charge in [0.1, 0.15) is 0 Å². The molecule has 10 aromatic carbocycles. The highest BCUT2D eigenvalue weighted by atomic mass is 14.4. The lowest BCUT2D eigenvalue weighted by molar-refractivity contribution is 0.666. The van der Waals surface area contributed by atoms with Crippen molar-refractivity contribution >= 4 is 53.9 Å². The summed E-state index contributed by atoms with van der Waals surface area (Å²) < 4.78 is 0. The van der Waals surface area contributed by atoms with Crippen LogP contribution in [-0.4, -0.2) is 0 Å². The van der Waals surface area contributed by atoms with E-state index in [1.807, 2.05) is 0 Å². The van der Waals surface area contributed by atoms with Gasteiger partial charge in [0.25, 0.3) is 0 Å². The normalized spacial score (nSPS) is 13.2. The highest BCUT2D eigenvalue weighted by Crippen LogP contribution is 2.55. The predicted octanol–water partition coefficient (Wildman–Crippen LogP) is 14.8. The van der Waals surface area contributed by atoms with Crippen molar-refractivity contribution in [2.45, 2.75) is 19.3 Å². The van der Waals surface area contributed by atoms with Crippen molar-refractivity contribution in [1.82, 2.24) is 0 Å². The second-order valence-electron chi connectivity index (χ2n) is 15.2. The summed E-state index contributed by atoms with van der Waals surface area (Å²) in [6.07, 6.45) is 0. The fraction of sp³-hybridized carbons (Fsp3) is 0.0566. The molecule has 0 heteroatoms. The molecule has 53 heavy (non-hydrogen) atoms. The Kier molecular flexibility index (Phi) is 6.40. The van der Waals surface area contributed by atoms with Crippen molar-refractivity contribution in [3.8, 4) is 44.5 Å². The molecule has 0 unspecified atom stereocenters. The van der Waals surface area contributed by atoms with E-state index in [1.165, 1.54) is 109 Å². The Morgan fingerprint density at radius 1 is 0.302 bits per heavy atom. The van der Waals surface area contributed by atoms with E-state index < -0.39 is 0 Å². The summed E-state index contributed by atoms with van der Waals surface area (Å²) in [4.78, 5) is 0. The third-order valence-electron chi connectivity index (χ3n) is 12.0. The quantitative estimate of drug-likeness (QED) is 0.129. The Labute approximate surface area is 309 Å². The van der Waals surface area contributed by atoms with E-state index in [1.54, 1.807) is 0 Å². The molecular formula is C53H36. The van der Waals surface area contributed by atoms with Gasteiger partial charge in [-0.1, -0.05) is 184 Å². The lowest BCUT2D eigenvalue weighted by Gasteiger charge is -2.24. The summed E-state index contributed by atoms with van der Waals surface area (Å²) in [5.74, 6) is 0. The van der Waals surface area contributed by atoms with Crippen molar-refractivity contribution in [3.05, 3.63) is 193 Å². The minimum absolute atomic E-state index is 0.0766. The molecule has 0 nitrogen and oxygen atoms in total. The molecule has 11 rings (SSSR count). The van der Waals surface area contributed by atoms with Crippen molar-refractivity contribution < 1.29 is 0 Å². The van der Waals surface area contributed by atoms with Crippen LogP contribution in [0.2, 0.25) is 0 Å². The van der Waals surface area contributed by atoms with Crippen molar-refractivity contribution in [2.24, 2.45) is 0 Å². The summed E-state index contributed by atoms with van der Waals surface area (Å²) in [5, 5.41) is 13.0. The summed E-state index contributed by atoms with van der Waals surface area (Å²) in [6.45, 7) is 4.78. The van der Waals surface area contributed by atoms with Crippen LogP contribution in [0.25, 0.3) is 98.4 Å². The molecule has 0 fully saturated rings. The van der Waals surface area contributed by atoms with Crippen LogP contribution in [0, 0.1) is 0 Å². The number of benzene rings is 10. The average molecular weight is 673 g/mol. The fourth-order valence-corrected chi connectivity index (χ4v) is 9.60. The van der Waals surface area contributed by atoms with Crippen LogP contribution in [-0.2, 0) is 5.41 Å². The zero-order valence-electron chi connectivity index (χ0n) is 29.8. The van der Waals surface area contributed by atoms with Gasteiger partial charge in [-0.15, -0.1) is 0 Å². The molecule has 10 aromatic rings. The van der Waals surface area contributed by atoms with Crippen molar-refractivity contribution in [2.75, 3.05) is 0 Å². The highest BCUT2D eigenvalue weighted by Gasteiger charge is 2.38. The molecule has 0 aromatic heterocycles. The topological polar surface area (TPSA) is 0 Å². The lowest BCUT2D eigenvalue weighted by atomic mass is 9.79. The molecule has 0 bridgehead atoms. The Bertz CT molecular complexity index is 3060. The lowest BCUT2D eigenvalue weighted by Crippen LogP contribution is -2.15. The number of hydrogen-bond donors (Lipinski definition) is 0. The molecule has 0 heterocycles. The SMILES string of the molecule is CC1(C)c2ccccc2-c2c1c1ccc(-c3ccc(-c4c5ccccc5c(-c5ccc6ccccc6c5)c5ccccc45)cc3)cc1c1ccccc21. The first-order chi connectivity index (χ1) is 26.1. The van der Waals surface area contributed by atoms with Gasteiger partial charge < -0.3 is 0 Å². The predicted molar refractivity (Wildman–Crippen MR) is 228 cm³/mol. The summed E-state index contributed by atoms with van der Waals surface area (Å²) in [5.41, 5.74) is 13.1. The van der Waals surface area contributed by atoms with E-state index in [4.69, 9.17) is 0 Å². The second-order valence-corrected chi connectivity index (χ2v) is 15.2. The zero-order chi connectivity index (χ0) is 35.3. The third kappa shape index (κ3) is 4.36. The number of rotatable bonds is 3. The first kappa shape index (κ1) is 30.2. The maximum absolute atomic E-state index is 2.43. The Balaban J connectivity index is 1.07. The zero-order valence-corrected chi connectivity index (χ0v) is 29.8. The summed E-state index contributed by atoms with van der Waals surface area (Å²) >= 11 is 0. The van der Waals surface area contributed by atoms with Crippen LogP contribution in [0.4, 0.5) is 0 Å². The van der Waals surface area contributed by atoms with E-state index in [0.717, 1.165) is 0 Å². The van der Waals surface area contributed by atoms with Gasteiger partial charge in [-0.3, -0.25) is 0 Å². The van der Waals surface area contributed by atoms with Crippen LogP contribution in [0.5, 0.6) is 0 Å². The van der Waals surface area contributed by atoms with Gasteiger partial charge in [0, 0.05) is 5.41 Å². The first-order valence-corrected chi connectivity index (χ1v) is 18.7. The van der Waals surface area contributed by atoms with Crippen LogP contribution in [0.3, 0.4) is 0 Å². The molecule has 0 radical (unpaired) electrons. The standard InChI is InChI=1S/C53H36/c1-53(2)48-22-12-11-21-46(48)51-40-16-6-5-15-39(40)47-32-37(29-30-45(47)52(51)53)34-23-26-35(27-24-34)49-41-17-7-9-19-43(41)50(44-20-10-8-18-42(44)49)38-28-25-33-13-3-4-14-36(33)31-38/h3-32H,1-2H3. The Hall–Kier alpha value is -6.50. The molecule has 0 N–H and O–H groups in total. The van der Waals surface area contributed by atoms with Gasteiger partial charge in [-0.25, -0.2) is 0 Å². The molecule has 0 spiro atoms. The molecule has 0 atom stereocenters. The van der Waals surface area contributed by atoms with Gasteiger partial charge in [-0.05, 0) is 122 Å². The summed E-state index contributed by atoms with van der Waals surface area (Å²) in [6, 6.07) is 67.8. The third-order valence-corrected chi connectivity index (χ3v) is 12.0. The van der Waals surface area contributed by atoms with Crippen molar-refractivity contribution in [3.63, 3.8) is 0 Å². The Morgan fingerprint density at radius 2 is 0.792 bits per heavy atom. The van der Waals surface area contributed by atoms with E-state index >= 15 is 0 Å². The number of fused-ring (bicyclic) bond motifs is 11. The molecule has 1 aliphatic rings. The molecule has 0 amide bonds. The summed E-state index contributed by atoms with van der Waals surface area (Å²) in [7, 11) is 0. The highest BCUT2D eigenvalue weighted by molar-refractivity contribution is 6.22. The monoisotopic (exact) mass is 672 g/mol. The van der Waals surface area contributed by atoms with Crippen LogP contribution < -0.4 is 0 Å². The Morgan fingerprint density at radius 3 is 1.47 bits per heavy atom. The van der Waals surface area contributed by atoms with E-state index in [0.29, 0.717) is 0 Å². The molecule has 0 saturated heterocycles. The van der Waals surface area contributed by atoms with Crippen LogP contribution in [0.1, 0.15) is 25.0 Å². The number of hydrogen-bond acceptors (Lipinski definition) is 0. The molecule has 1 aliphatic carbocycles. The molecular weight excluding hydrogens is 637 g/mol. The van der Waals surface area contributed by atoms with Gasteiger partial charge in [0.05, 0.1) is 0 Å².